The lowest BCUT2D eigenvalue weighted by Gasteiger charge is -2.33. The Labute approximate surface area is 140 Å². The number of sulfonamides is 1. The van der Waals surface area contributed by atoms with Crippen molar-refractivity contribution in [1.82, 2.24) is 4.72 Å². The smallest absolute Gasteiger partial charge is 0.416 e. The molecule has 25 heavy (non-hydrogen) atoms. The lowest BCUT2D eigenvalue weighted by atomic mass is 10.1. The number of alkyl halides is 6. The predicted octanol–water partition coefficient (Wildman–Crippen LogP) is 2.97. The van der Waals surface area contributed by atoms with E-state index in [-0.39, 0.29) is 37.7 Å². The molecule has 144 valence electrons. The largest absolute Gasteiger partial charge is 0.633 e. The lowest BCUT2D eigenvalue weighted by molar-refractivity contribution is -0.840. The van der Waals surface area contributed by atoms with Crippen LogP contribution in [0.1, 0.15) is 17.5 Å². The Balaban J connectivity index is 3.13. The maximum absolute atomic E-state index is 12.7. The summed E-state index contributed by atoms with van der Waals surface area (Å²) >= 11 is 0. The van der Waals surface area contributed by atoms with E-state index in [1.54, 1.807) is 0 Å². The Bertz CT molecular complexity index is 676. The first kappa shape index (κ1) is 21.7. The van der Waals surface area contributed by atoms with Crippen LogP contribution in [0.3, 0.4) is 0 Å². The van der Waals surface area contributed by atoms with Gasteiger partial charge in [-0.3, -0.25) is 0 Å². The summed E-state index contributed by atoms with van der Waals surface area (Å²) in [7, 11) is -2.00. The van der Waals surface area contributed by atoms with Gasteiger partial charge in [-0.05, 0) is 18.2 Å². The molecular weight excluding hydrogens is 378 g/mol. The summed E-state index contributed by atoms with van der Waals surface area (Å²) in [5, 5.41) is 11.3. The molecule has 5 nitrogen and oxygen atoms in total. The highest BCUT2D eigenvalue weighted by atomic mass is 32.2. The Kier molecular flexibility index (Phi) is 6.15. The van der Waals surface area contributed by atoms with Crippen LogP contribution in [0.2, 0.25) is 0 Å². The van der Waals surface area contributed by atoms with Gasteiger partial charge in [0.2, 0.25) is 10.0 Å². The molecular formula is C13H16F6N2O3S. The van der Waals surface area contributed by atoms with Gasteiger partial charge in [-0.1, -0.05) is 0 Å². The first-order chi connectivity index (χ1) is 11.0. The highest BCUT2D eigenvalue weighted by Crippen LogP contribution is 2.37. The van der Waals surface area contributed by atoms with Crippen molar-refractivity contribution < 1.29 is 39.4 Å². The average Bonchev–Trinajstić information content (AvgIpc) is 2.40. The molecule has 12 heteroatoms. The van der Waals surface area contributed by atoms with Gasteiger partial charge in [0.05, 0.1) is 36.7 Å². The average molecular weight is 394 g/mol. The van der Waals surface area contributed by atoms with E-state index in [0.29, 0.717) is 0 Å². The third kappa shape index (κ3) is 6.80. The summed E-state index contributed by atoms with van der Waals surface area (Å²) in [6.45, 7) is -0.289. The second-order valence-electron chi connectivity index (χ2n) is 5.79. The third-order valence-corrected chi connectivity index (χ3v) is 4.48. The number of nitrogens with one attached hydrogen (secondary N) is 1. The topological polar surface area (TPSA) is 69.2 Å². The molecule has 0 heterocycles. The fourth-order valence-corrected chi connectivity index (χ4v) is 2.98. The van der Waals surface area contributed by atoms with E-state index in [1.807, 2.05) is 4.72 Å². The van der Waals surface area contributed by atoms with Gasteiger partial charge in [-0.25, -0.2) is 13.1 Å². The number of rotatable bonds is 6. The summed E-state index contributed by atoms with van der Waals surface area (Å²) in [6.07, 6.45) is -10.2. The van der Waals surface area contributed by atoms with Crippen molar-refractivity contribution in [3.05, 3.63) is 34.5 Å². The molecule has 0 aliphatic heterocycles. The van der Waals surface area contributed by atoms with Crippen LogP contribution in [0.4, 0.5) is 26.3 Å². The molecule has 0 spiro atoms. The molecule has 0 unspecified atom stereocenters. The maximum atomic E-state index is 12.7. The molecule has 0 radical (unpaired) electrons. The van der Waals surface area contributed by atoms with Crippen molar-refractivity contribution in [3.63, 3.8) is 0 Å². The molecule has 0 aliphatic carbocycles. The molecule has 0 amide bonds. The molecule has 1 rings (SSSR count). The third-order valence-electron chi connectivity index (χ3n) is 3.04. The SMILES string of the molecule is C[N+](C)([O-])CCCNS(=O)(=O)c1cc(C(F)(F)F)cc(C(F)(F)F)c1. The van der Waals surface area contributed by atoms with E-state index in [0.717, 1.165) is 0 Å². The van der Waals surface area contributed by atoms with Crippen LogP contribution in [0.25, 0.3) is 0 Å². The van der Waals surface area contributed by atoms with Crippen molar-refractivity contribution >= 4 is 10.0 Å². The maximum Gasteiger partial charge on any atom is 0.416 e. The number of hydrogen-bond acceptors (Lipinski definition) is 3. The monoisotopic (exact) mass is 394 g/mol. The second kappa shape index (κ2) is 7.09. The van der Waals surface area contributed by atoms with Gasteiger partial charge in [0.1, 0.15) is 0 Å². The molecule has 0 saturated heterocycles. The Hall–Kier alpha value is -1.37. The van der Waals surface area contributed by atoms with E-state index in [2.05, 4.69) is 0 Å². The zero-order valence-electron chi connectivity index (χ0n) is 13.2. The van der Waals surface area contributed by atoms with Gasteiger partial charge in [0.15, 0.2) is 0 Å². The zero-order chi connectivity index (χ0) is 19.7. The summed E-state index contributed by atoms with van der Waals surface area (Å²) in [6, 6.07) is 0.104. The van der Waals surface area contributed by atoms with E-state index < -0.39 is 43.0 Å². The first-order valence-corrected chi connectivity index (χ1v) is 8.34. The van der Waals surface area contributed by atoms with Crippen LogP contribution >= 0.6 is 0 Å². The minimum atomic E-state index is -5.14. The fraction of sp³-hybridized carbons (Fsp3) is 0.538. The predicted molar refractivity (Wildman–Crippen MR) is 76.6 cm³/mol. The Morgan fingerprint density at radius 1 is 1.00 bits per heavy atom. The molecule has 1 aromatic carbocycles. The van der Waals surface area contributed by atoms with Gasteiger partial charge >= 0.3 is 12.4 Å². The van der Waals surface area contributed by atoms with Crippen LogP contribution in [0.15, 0.2) is 23.1 Å². The van der Waals surface area contributed by atoms with Gasteiger partial charge in [-0.15, -0.1) is 0 Å². The van der Waals surface area contributed by atoms with Crippen molar-refractivity contribution in [2.45, 2.75) is 23.7 Å². The Morgan fingerprint density at radius 2 is 1.44 bits per heavy atom. The van der Waals surface area contributed by atoms with Gasteiger partial charge < -0.3 is 9.85 Å². The zero-order valence-corrected chi connectivity index (χ0v) is 14.0. The highest BCUT2D eigenvalue weighted by Gasteiger charge is 2.38. The van der Waals surface area contributed by atoms with Gasteiger partial charge in [0, 0.05) is 13.0 Å². The van der Waals surface area contributed by atoms with Crippen LogP contribution in [0.5, 0.6) is 0 Å². The van der Waals surface area contributed by atoms with Crippen molar-refractivity contribution in [3.8, 4) is 0 Å². The lowest BCUT2D eigenvalue weighted by Crippen LogP contribution is -2.35. The standard InChI is InChI=1S/C13H16F6N2O3S/c1-21(2,22)5-3-4-20-25(23,24)11-7-9(12(14,15)16)6-10(8-11)13(17,18)19/h6-8,20H,3-5H2,1-2H3. The summed E-state index contributed by atoms with van der Waals surface area (Å²) < 4.78 is 102. The summed E-state index contributed by atoms with van der Waals surface area (Å²) in [5.41, 5.74) is -3.44. The van der Waals surface area contributed by atoms with E-state index in [9.17, 15) is 40.0 Å². The van der Waals surface area contributed by atoms with Crippen LogP contribution in [-0.2, 0) is 22.4 Å². The highest BCUT2D eigenvalue weighted by molar-refractivity contribution is 7.89. The Morgan fingerprint density at radius 3 is 1.80 bits per heavy atom. The van der Waals surface area contributed by atoms with E-state index >= 15 is 0 Å². The fourth-order valence-electron chi connectivity index (χ4n) is 1.83. The molecule has 0 atom stereocenters. The van der Waals surface area contributed by atoms with Crippen molar-refractivity contribution in [2.24, 2.45) is 0 Å². The number of benzene rings is 1. The molecule has 0 aliphatic rings. The van der Waals surface area contributed by atoms with Gasteiger partial charge in [-0.2, -0.15) is 26.3 Å². The normalized spacial score (nSPS) is 14.0. The quantitative estimate of drug-likeness (QED) is 0.349. The van der Waals surface area contributed by atoms with E-state index in [4.69, 9.17) is 0 Å². The van der Waals surface area contributed by atoms with Crippen LogP contribution in [0, 0.1) is 5.21 Å². The van der Waals surface area contributed by atoms with Crippen molar-refractivity contribution in [1.29, 1.82) is 0 Å². The second-order valence-corrected chi connectivity index (χ2v) is 7.56. The number of halogens is 6. The number of quaternary nitrogens is 1. The summed E-state index contributed by atoms with van der Waals surface area (Å²) in [5.74, 6) is 0. The molecule has 1 N–H and O–H groups in total. The molecule has 0 aromatic heterocycles. The summed E-state index contributed by atoms with van der Waals surface area (Å²) in [4.78, 5) is -1.15. The minimum Gasteiger partial charge on any atom is -0.633 e. The van der Waals surface area contributed by atoms with Gasteiger partial charge in [0.25, 0.3) is 0 Å². The van der Waals surface area contributed by atoms with E-state index in [1.165, 1.54) is 14.1 Å². The number of hydroxylamine groups is 3. The minimum absolute atomic E-state index is 0.0128. The number of nitrogens with zero attached hydrogens (tertiary/aromatic N) is 1. The molecule has 0 fully saturated rings. The van der Waals surface area contributed by atoms with Crippen molar-refractivity contribution in [2.75, 3.05) is 27.2 Å². The molecule has 0 saturated carbocycles. The van der Waals surface area contributed by atoms with Crippen LogP contribution < -0.4 is 4.72 Å². The molecule has 1 aromatic rings. The van der Waals surface area contributed by atoms with Crippen LogP contribution in [-0.4, -0.2) is 40.2 Å². The number of hydrogen-bond donors (Lipinski definition) is 1. The molecule has 0 bridgehead atoms. The first-order valence-electron chi connectivity index (χ1n) is 6.85.